The molecule has 1 N–H and O–H groups in total. The average molecular weight is 194 g/mol. The van der Waals surface area contributed by atoms with Crippen LogP contribution in [0.25, 0.3) is 0 Å². The number of nitriles is 1. The predicted molar refractivity (Wildman–Crippen MR) is 51.1 cm³/mol. The number of hydrogen-bond acceptors (Lipinski definition) is 2. The summed E-state index contributed by atoms with van der Waals surface area (Å²) >= 11 is 0. The molecule has 2 atom stereocenters. The Labute approximate surface area is 80.0 Å². The van der Waals surface area contributed by atoms with Gasteiger partial charge in [-0.15, -0.1) is 0 Å². The van der Waals surface area contributed by atoms with E-state index in [-0.39, 0.29) is 0 Å². The summed E-state index contributed by atoms with van der Waals surface area (Å²) in [4.78, 5) is 0.685. The quantitative estimate of drug-likeness (QED) is 0.786. The molecular weight excluding hydrogens is 184 g/mol. The summed E-state index contributed by atoms with van der Waals surface area (Å²) in [5.74, 6) is 0. The molecule has 3 nitrogen and oxygen atoms in total. The zero-order chi connectivity index (χ0) is 9.68. The maximum atomic E-state index is 11.5. The Hall–Kier alpha value is -1.18. The third kappa shape index (κ3) is 2.98. The van der Waals surface area contributed by atoms with Gasteiger partial charge in [0.25, 0.3) is 0 Å². The topological polar surface area (TPSA) is 52.9 Å². The minimum absolute atomic E-state index is 0.402. The van der Waals surface area contributed by atoms with Gasteiger partial charge in [0.15, 0.2) is 0 Å². The van der Waals surface area contributed by atoms with E-state index in [1.165, 1.54) is 0 Å². The van der Waals surface area contributed by atoms with E-state index >= 15 is 0 Å². The highest BCUT2D eigenvalue weighted by molar-refractivity contribution is 7.83. The van der Waals surface area contributed by atoms with Gasteiger partial charge in [0.1, 0.15) is 17.0 Å². The summed E-state index contributed by atoms with van der Waals surface area (Å²) < 4.78 is 14.1. The molecule has 1 rings (SSSR count). The largest absolute Gasteiger partial charge is 0.237 e. The molecule has 1 aromatic rings. The van der Waals surface area contributed by atoms with Gasteiger partial charge in [-0.3, -0.25) is 0 Å². The van der Waals surface area contributed by atoms with Crippen molar-refractivity contribution >= 4 is 11.0 Å². The van der Waals surface area contributed by atoms with Crippen molar-refractivity contribution in [3.05, 3.63) is 30.3 Å². The van der Waals surface area contributed by atoms with Crippen LogP contribution in [0.2, 0.25) is 0 Å². The van der Waals surface area contributed by atoms with E-state index < -0.39 is 17.0 Å². The number of nitrogens with one attached hydrogen (secondary N) is 1. The third-order valence-corrected chi connectivity index (χ3v) is 2.70. The van der Waals surface area contributed by atoms with Gasteiger partial charge in [-0.2, -0.15) is 5.26 Å². The predicted octanol–water partition coefficient (Wildman–Crippen LogP) is 1.21. The molecule has 0 saturated carbocycles. The summed E-state index contributed by atoms with van der Waals surface area (Å²) in [7, 11) is -1.29. The van der Waals surface area contributed by atoms with Gasteiger partial charge in [-0.1, -0.05) is 18.2 Å². The molecular formula is C9H10N2OS. The zero-order valence-electron chi connectivity index (χ0n) is 7.23. The molecule has 0 radical (unpaired) electrons. The SMILES string of the molecule is CC(C#N)NS(=O)c1ccccc1. The van der Waals surface area contributed by atoms with E-state index in [2.05, 4.69) is 4.72 Å². The van der Waals surface area contributed by atoms with Crippen molar-refractivity contribution in [1.29, 1.82) is 5.26 Å². The first-order valence-electron chi connectivity index (χ1n) is 3.86. The van der Waals surface area contributed by atoms with Crippen molar-refractivity contribution in [3.8, 4) is 6.07 Å². The van der Waals surface area contributed by atoms with Gasteiger partial charge in [-0.25, -0.2) is 8.93 Å². The van der Waals surface area contributed by atoms with Gasteiger partial charge >= 0.3 is 0 Å². The summed E-state index contributed by atoms with van der Waals surface area (Å²) in [5, 5.41) is 8.48. The van der Waals surface area contributed by atoms with Crippen LogP contribution in [0.5, 0.6) is 0 Å². The molecule has 0 aliphatic carbocycles. The average Bonchev–Trinajstić information content (AvgIpc) is 2.19. The molecule has 0 fully saturated rings. The highest BCUT2D eigenvalue weighted by Gasteiger charge is 2.05. The molecule has 0 bridgehead atoms. The maximum absolute atomic E-state index is 11.5. The van der Waals surface area contributed by atoms with Crippen molar-refractivity contribution in [2.45, 2.75) is 17.9 Å². The molecule has 4 heteroatoms. The monoisotopic (exact) mass is 194 g/mol. The summed E-state index contributed by atoms with van der Waals surface area (Å²) in [6, 6.07) is 10.6. The van der Waals surface area contributed by atoms with Crippen molar-refractivity contribution in [1.82, 2.24) is 4.72 Å². The second-order valence-corrected chi connectivity index (χ2v) is 3.79. The Kier molecular flexibility index (Phi) is 3.62. The normalized spacial score (nSPS) is 14.5. The van der Waals surface area contributed by atoms with Crippen LogP contribution >= 0.6 is 0 Å². The van der Waals surface area contributed by atoms with Crippen LogP contribution < -0.4 is 4.72 Å². The lowest BCUT2D eigenvalue weighted by Gasteiger charge is -2.04. The lowest BCUT2D eigenvalue weighted by molar-refractivity contribution is 0.666. The Bertz CT molecular complexity index is 331. The molecule has 0 aromatic heterocycles. The minimum Gasteiger partial charge on any atom is -0.237 e. The summed E-state index contributed by atoms with van der Waals surface area (Å²) in [6.45, 7) is 1.67. The molecule has 0 spiro atoms. The minimum atomic E-state index is -1.29. The van der Waals surface area contributed by atoms with Gasteiger partial charge < -0.3 is 0 Å². The first-order valence-corrected chi connectivity index (χ1v) is 5.01. The smallest absolute Gasteiger partial charge is 0.126 e. The Morgan fingerprint density at radius 2 is 2.08 bits per heavy atom. The second kappa shape index (κ2) is 4.75. The van der Waals surface area contributed by atoms with Crippen LogP contribution in [-0.2, 0) is 11.0 Å². The van der Waals surface area contributed by atoms with E-state index in [1.54, 1.807) is 19.1 Å². The standard InChI is InChI=1S/C9H10N2OS/c1-8(7-10)11-13(12)9-5-3-2-4-6-9/h2-6,8,11H,1H3. The fraction of sp³-hybridized carbons (Fsp3) is 0.222. The van der Waals surface area contributed by atoms with Crippen molar-refractivity contribution in [2.75, 3.05) is 0 Å². The van der Waals surface area contributed by atoms with Crippen LogP contribution in [0.3, 0.4) is 0 Å². The Morgan fingerprint density at radius 1 is 1.46 bits per heavy atom. The first-order chi connectivity index (χ1) is 6.24. The summed E-state index contributed by atoms with van der Waals surface area (Å²) in [5.41, 5.74) is 0. The third-order valence-electron chi connectivity index (χ3n) is 1.43. The zero-order valence-corrected chi connectivity index (χ0v) is 8.04. The van der Waals surface area contributed by atoms with Crippen LogP contribution in [0.1, 0.15) is 6.92 Å². The molecule has 13 heavy (non-hydrogen) atoms. The van der Waals surface area contributed by atoms with Crippen LogP contribution in [0, 0.1) is 11.3 Å². The molecule has 68 valence electrons. The molecule has 0 aliphatic rings. The number of hydrogen-bond donors (Lipinski definition) is 1. The fourth-order valence-corrected chi connectivity index (χ4v) is 1.71. The van der Waals surface area contributed by atoms with Crippen molar-refractivity contribution in [3.63, 3.8) is 0 Å². The maximum Gasteiger partial charge on any atom is 0.126 e. The Balaban J connectivity index is 2.66. The van der Waals surface area contributed by atoms with Gasteiger partial charge in [0.2, 0.25) is 0 Å². The van der Waals surface area contributed by atoms with Crippen LogP contribution in [0.4, 0.5) is 0 Å². The van der Waals surface area contributed by atoms with Crippen LogP contribution in [-0.4, -0.2) is 10.3 Å². The number of nitrogens with zero attached hydrogens (tertiary/aromatic N) is 1. The number of rotatable bonds is 3. The van der Waals surface area contributed by atoms with E-state index in [9.17, 15) is 4.21 Å². The molecule has 1 aromatic carbocycles. The highest BCUT2D eigenvalue weighted by atomic mass is 32.2. The van der Waals surface area contributed by atoms with E-state index in [0.29, 0.717) is 4.90 Å². The summed E-state index contributed by atoms with van der Waals surface area (Å²) in [6.07, 6.45) is 0. The van der Waals surface area contributed by atoms with Crippen molar-refractivity contribution in [2.24, 2.45) is 0 Å². The second-order valence-electron chi connectivity index (χ2n) is 2.55. The number of benzene rings is 1. The van der Waals surface area contributed by atoms with Crippen LogP contribution in [0.15, 0.2) is 35.2 Å². The van der Waals surface area contributed by atoms with E-state index in [0.717, 1.165) is 0 Å². The van der Waals surface area contributed by atoms with Crippen molar-refractivity contribution < 1.29 is 4.21 Å². The van der Waals surface area contributed by atoms with Gasteiger partial charge in [0, 0.05) is 0 Å². The molecule has 0 amide bonds. The lowest BCUT2D eigenvalue weighted by atomic mass is 10.4. The van der Waals surface area contributed by atoms with E-state index in [1.807, 2.05) is 24.3 Å². The van der Waals surface area contributed by atoms with Gasteiger partial charge in [0.05, 0.1) is 11.0 Å². The molecule has 0 saturated heterocycles. The Morgan fingerprint density at radius 3 is 2.62 bits per heavy atom. The van der Waals surface area contributed by atoms with E-state index in [4.69, 9.17) is 5.26 Å². The molecule has 0 heterocycles. The molecule has 2 unspecified atom stereocenters. The lowest BCUT2D eigenvalue weighted by Crippen LogP contribution is -2.26. The van der Waals surface area contributed by atoms with Gasteiger partial charge in [-0.05, 0) is 19.1 Å². The fourth-order valence-electron chi connectivity index (χ4n) is 0.799. The first kappa shape index (κ1) is 9.90. The highest BCUT2D eigenvalue weighted by Crippen LogP contribution is 2.03. The molecule has 0 aliphatic heterocycles.